The summed E-state index contributed by atoms with van der Waals surface area (Å²) in [6.45, 7) is 3.13. The number of piperidine rings is 1. The monoisotopic (exact) mass is 601 g/mol. The Morgan fingerprint density at radius 3 is 2.05 bits per heavy atom. The van der Waals surface area contributed by atoms with E-state index in [1.807, 2.05) is 6.92 Å². The van der Waals surface area contributed by atoms with Gasteiger partial charge in [0.2, 0.25) is 0 Å². The van der Waals surface area contributed by atoms with Crippen LogP contribution in [-0.4, -0.2) is 53.4 Å². The summed E-state index contributed by atoms with van der Waals surface area (Å²) < 4.78 is 22.7. The molecule has 0 aliphatic carbocycles. The number of hydrogen-bond donors (Lipinski definition) is 1. The van der Waals surface area contributed by atoms with Crippen molar-refractivity contribution >= 4 is 11.9 Å². The van der Waals surface area contributed by atoms with Crippen molar-refractivity contribution in [2.75, 3.05) is 13.7 Å². The molecule has 4 atom stereocenters. The first-order valence-electron chi connectivity index (χ1n) is 13.4. The third-order valence-corrected chi connectivity index (χ3v) is 8.37. The van der Waals surface area contributed by atoms with Crippen LogP contribution in [0.5, 0.6) is 0 Å². The van der Waals surface area contributed by atoms with E-state index in [0.29, 0.717) is 31.5 Å². The highest BCUT2D eigenvalue weighted by Gasteiger charge is 2.54. The number of benzene rings is 1. The number of quaternary nitrogens is 1. The van der Waals surface area contributed by atoms with E-state index in [1.54, 1.807) is 24.3 Å². The van der Waals surface area contributed by atoms with E-state index in [-0.39, 0.29) is 40.6 Å². The molecule has 1 aromatic carbocycles. The molecule has 8 nitrogen and oxygen atoms in total. The van der Waals surface area contributed by atoms with Gasteiger partial charge in [0.15, 0.2) is 11.5 Å². The summed E-state index contributed by atoms with van der Waals surface area (Å²) in [6, 6.07) is 15.5. The van der Waals surface area contributed by atoms with Gasteiger partial charge in [-0.05, 0) is 43.2 Å². The van der Waals surface area contributed by atoms with E-state index in [4.69, 9.17) is 18.3 Å². The van der Waals surface area contributed by atoms with Crippen molar-refractivity contribution in [3.8, 4) is 0 Å². The molecule has 210 valence electrons. The predicted octanol–water partition coefficient (Wildman–Crippen LogP) is 1.49. The second-order valence-corrected chi connectivity index (χ2v) is 10.7. The molecule has 39 heavy (non-hydrogen) atoms. The number of ether oxygens (including phenoxy) is 2. The first kappa shape index (κ1) is 29.1. The van der Waals surface area contributed by atoms with Crippen LogP contribution in [-0.2, 0) is 37.6 Å². The largest absolute Gasteiger partial charge is 1.00 e. The summed E-state index contributed by atoms with van der Waals surface area (Å²) in [4.78, 5) is 25.0. The lowest BCUT2D eigenvalue weighted by molar-refractivity contribution is -0.961. The Morgan fingerprint density at radius 1 is 0.974 bits per heavy atom. The smallest absolute Gasteiger partial charge is 0.354 e. The molecule has 9 heteroatoms. The highest BCUT2D eigenvalue weighted by Crippen LogP contribution is 2.44. The normalized spacial score (nSPS) is 24.1. The molecule has 1 N–H and O–H groups in total. The number of fused-ring (bicyclic) bond motifs is 2. The second-order valence-electron chi connectivity index (χ2n) is 10.7. The standard InChI is InChI=1S/C30H36NO7.BrH/c1-3-35-28(32)15-12-21-8-10-22(11-9-21)20-31(2)23-13-14-24(31)19-25(18-23)38-29(33)30(34,26-6-4-16-36-26)27-7-5-17-37-27;/h4-11,16-17,23-25,34H,3,12-15,18-20H2,1-2H3;1H/q+1;/p-1/t23-,24+,25+,31-;. The van der Waals surface area contributed by atoms with Crippen LogP contribution in [0.4, 0.5) is 0 Å². The molecule has 2 aliphatic heterocycles. The quantitative estimate of drug-likeness (QED) is 0.278. The molecule has 5 rings (SSSR count). The number of esters is 2. The van der Waals surface area contributed by atoms with E-state index >= 15 is 0 Å². The number of rotatable bonds is 10. The Hall–Kier alpha value is -2.88. The first-order valence-corrected chi connectivity index (χ1v) is 13.4. The van der Waals surface area contributed by atoms with Crippen LogP contribution in [0.3, 0.4) is 0 Å². The van der Waals surface area contributed by atoms with Crippen molar-refractivity contribution in [1.82, 2.24) is 0 Å². The Morgan fingerprint density at radius 2 is 1.54 bits per heavy atom. The number of nitrogens with zero attached hydrogens (tertiary/aromatic N) is 1. The minimum atomic E-state index is -2.13. The highest BCUT2D eigenvalue weighted by atomic mass is 79.9. The van der Waals surface area contributed by atoms with Crippen LogP contribution in [0.2, 0.25) is 0 Å². The molecule has 2 bridgehead atoms. The van der Waals surface area contributed by atoms with Crippen molar-refractivity contribution in [3.63, 3.8) is 0 Å². The number of carbonyl (C=O) groups is 2. The number of carbonyl (C=O) groups excluding carboxylic acids is 2. The van der Waals surface area contributed by atoms with Crippen molar-refractivity contribution in [2.45, 2.75) is 75.8 Å². The Balaban J connectivity index is 0.00000353. The maximum absolute atomic E-state index is 13.4. The van der Waals surface area contributed by atoms with Gasteiger partial charge in [0.25, 0.3) is 5.60 Å². The van der Waals surface area contributed by atoms with Crippen molar-refractivity contribution < 1.29 is 54.5 Å². The minimum absolute atomic E-state index is 0. The van der Waals surface area contributed by atoms with Crippen LogP contribution < -0.4 is 17.0 Å². The molecule has 0 saturated carbocycles. The Bertz CT molecular complexity index is 1170. The molecule has 0 amide bonds. The van der Waals surface area contributed by atoms with Crippen molar-refractivity contribution in [2.24, 2.45) is 0 Å². The molecule has 2 fully saturated rings. The summed E-state index contributed by atoms with van der Waals surface area (Å²) in [6.07, 6.45) is 7.23. The van der Waals surface area contributed by atoms with Gasteiger partial charge in [0.05, 0.1) is 38.3 Å². The van der Waals surface area contributed by atoms with Crippen LogP contribution in [0.25, 0.3) is 0 Å². The van der Waals surface area contributed by atoms with Gasteiger partial charge in [-0.2, -0.15) is 0 Å². The van der Waals surface area contributed by atoms with Crippen LogP contribution in [0, 0.1) is 0 Å². The van der Waals surface area contributed by atoms with E-state index in [1.165, 1.54) is 18.1 Å². The average Bonchev–Trinajstić information content (AvgIpc) is 3.66. The lowest BCUT2D eigenvalue weighted by Crippen LogP contribution is -3.00. The third kappa shape index (κ3) is 5.85. The number of halogens is 1. The summed E-state index contributed by atoms with van der Waals surface area (Å²) in [5.74, 6) is -0.798. The maximum Gasteiger partial charge on any atom is 0.354 e. The molecule has 2 saturated heterocycles. The van der Waals surface area contributed by atoms with E-state index < -0.39 is 11.6 Å². The van der Waals surface area contributed by atoms with Gasteiger partial charge in [-0.3, -0.25) is 4.79 Å². The van der Waals surface area contributed by atoms with Gasteiger partial charge < -0.3 is 44.9 Å². The first-order chi connectivity index (χ1) is 18.3. The topological polar surface area (TPSA) is 99.1 Å². The number of aryl methyl sites for hydroxylation is 1. The molecular formula is C30H36BrNO7. The predicted molar refractivity (Wildman–Crippen MR) is 138 cm³/mol. The van der Waals surface area contributed by atoms with Gasteiger partial charge >= 0.3 is 11.9 Å². The van der Waals surface area contributed by atoms with Crippen molar-refractivity contribution in [3.05, 3.63) is 83.7 Å². The molecule has 2 aromatic heterocycles. The van der Waals surface area contributed by atoms with Gasteiger partial charge in [-0.15, -0.1) is 0 Å². The van der Waals surface area contributed by atoms with Crippen LogP contribution in [0.1, 0.15) is 61.7 Å². The SMILES string of the molecule is CCOC(=O)CCc1ccc(C[N@+]2(C)[C@@H]3CC[C@H]2C[C@@H](OC(=O)C(O)(c2ccco2)c2ccco2)C3)cc1.[Br-]. The fourth-order valence-electron chi connectivity index (χ4n) is 6.26. The summed E-state index contributed by atoms with van der Waals surface area (Å²) in [5, 5.41) is 11.4. The summed E-state index contributed by atoms with van der Waals surface area (Å²) in [7, 11) is 2.30. The molecule has 0 spiro atoms. The highest BCUT2D eigenvalue weighted by molar-refractivity contribution is 5.83. The molecule has 3 aromatic rings. The van der Waals surface area contributed by atoms with Gasteiger partial charge in [0, 0.05) is 37.7 Å². The second kappa shape index (κ2) is 12.1. The minimum Gasteiger partial charge on any atom is -1.00 e. The fourth-order valence-corrected chi connectivity index (χ4v) is 6.26. The van der Waals surface area contributed by atoms with E-state index in [9.17, 15) is 14.7 Å². The molecule has 0 unspecified atom stereocenters. The Labute approximate surface area is 239 Å². The zero-order valence-electron chi connectivity index (χ0n) is 22.4. The fraction of sp³-hybridized carbons (Fsp3) is 0.467. The molecular weight excluding hydrogens is 566 g/mol. The van der Waals surface area contributed by atoms with Gasteiger partial charge in [-0.25, -0.2) is 4.79 Å². The van der Waals surface area contributed by atoms with E-state index in [0.717, 1.165) is 42.3 Å². The third-order valence-electron chi connectivity index (χ3n) is 8.37. The number of hydrogen-bond acceptors (Lipinski definition) is 7. The average molecular weight is 603 g/mol. The van der Waals surface area contributed by atoms with Gasteiger partial charge in [0.1, 0.15) is 12.6 Å². The number of furan rings is 2. The maximum atomic E-state index is 13.4. The Kier molecular flexibility index (Phi) is 9.03. The lowest BCUT2D eigenvalue weighted by Gasteiger charge is -2.47. The summed E-state index contributed by atoms with van der Waals surface area (Å²) in [5.41, 5.74) is 0.250. The molecule has 4 heterocycles. The summed E-state index contributed by atoms with van der Waals surface area (Å²) >= 11 is 0. The zero-order chi connectivity index (χ0) is 26.8. The van der Waals surface area contributed by atoms with Gasteiger partial charge in [-0.1, -0.05) is 24.3 Å². The van der Waals surface area contributed by atoms with E-state index in [2.05, 4.69) is 31.3 Å². The zero-order valence-corrected chi connectivity index (χ0v) is 24.0. The molecule has 2 aliphatic rings. The van der Waals surface area contributed by atoms with Crippen molar-refractivity contribution in [1.29, 1.82) is 0 Å². The molecule has 0 radical (unpaired) electrons. The van der Waals surface area contributed by atoms with Crippen LogP contribution >= 0.6 is 0 Å². The van der Waals surface area contributed by atoms with Crippen LogP contribution in [0.15, 0.2) is 69.9 Å². The number of aliphatic hydroxyl groups is 1. The lowest BCUT2D eigenvalue weighted by atomic mass is 9.94.